The van der Waals surface area contributed by atoms with Crippen molar-refractivity contribution in [3.63, 3.8) is 0 Å². The van der Waals surface area contributed by atoms with Crippen LogP contribution >= 0.6 is 0 Å². The van der Waals surface area contributed by atoms with Crippen molar-refractivity contribution in [1.29, 1.82) is 0 Å². The molecule has 1 heterocycles. The van der Waals surface area contributed by atoms with E-state index in [0.717, 1.165) is 22.0 Å². The van der Waals surface area contributed by atoms with Gasteiger partial charge in [0, 0.05) is 5.39 Å². The number of aromatic amines is 1. The van der Waals surface area contributed by atoms with Crippen molar-refractivity contribution in [2.75, 3.05) is 6.61 Å². The zero-order valence-electron chi connectivity index (χ0n) is 11.0. The first-order valence-corrected chi connectivity index (χ1v) is 5.93. The van der Waals surface area contributed by atoms with Crippen LogP contribution in [0, 0.1) is 13.8 Å². The zero-order chi connectivity index (χ0) is 14.0. The molecule has 19 heavy (non-hydrogen) atoms. The Morgan fingerprint density at radius 3 is 2.84 bits per heavy atom. The minimum Gasteiger partial charge on any atom is -0.493 e. The van der Waals surface area contributed by atoms with Gasteiger partial charge in [0.05, 0.1) is 12.1 Å². The fraction of sp³-hybridized carbons (Fsp3) is 0.308. The molecule has 0 atom stereocenters. The number of hydrogen-bond donors (Lipinski definition) is 2. The largest absolute Gasteiger partial charge is 0.493 e. The number of azo groups is 1. The number of ether oxygens (including phenoxy) is 1. The molecule has 0 fully saturated rings. The zero-order valence-corrected chi connectivity index (χ0v) is 11.0. The molecule has 6 heteroatoms. The first-order valence-electron chi connectivity index (χ1n) is 5.93. The van der Waals surface area contributed by atoms with E-state index in [1.165, 1.54) is 0 Å². The Hall–Kier alpha value is -2.37. The lowest BCUT2D eigenvalue weighted by molar-refractivity contribution is 0.162. The number of amides is 1. The molecule has 0 saturated carbocycles. The van der Waals surface area contributed by atoms with Gasteiger partial charge < -0.3 is 14.8 Å². The van der Waals surface area contributed by atoms with Gasteiger partial charge in [-0.15, -0.1) is 5.11 Å². The van der Waals surface area contributed by atoms with Crippen LogP contribution in [-0.4, -0.2) is 22.8 Å². The predicted molar refractivity (Wildman–Crippen MR) is 71.0 cm³/mol. The number of aryl methyl sites for hydroxylation is 2. The van der Waals surface area contributed by atoms with Gasteiger partial charge in [0.15, 0.2) is 5.69 Å². The number of carbonyl (C=O) groups excluding carboxylic acids is 1. The highest BCUT2D eigenvalue weighted by Crippen LogP contribution is 2.37. The first kappa shape index (κ1) is 13.1. The number of benzene rings is 1. The van der Waals surface area contributed by atoms with Gasteiger partial charge in [0.2, 0.25) is 5.88 Å². The van der Waals surface area contributed by atoms with E-state index >= 15 is 0 Å². The van der Waals surface area contributed by atoms with Crippen molar-refractivity contribution in [3.05, 3.63) is 23.3 Å². The molecule has 2 rings (SSSR count). The lowest BCUT2D eigenvalue weighted by Gasteiger charge is -1.98. The molecule has 0 unspecified atom stereocenters. The molecule has 2 N–H and O–H groups in total. The normalized spacial score (nSPS) is 11.3. The molecule has 1 aromatic carbocycles. The second kappa shape index (κ2) is 5.09. The SMILES string of the molecule is CCOC(=O)N=Nc1c(O)[nH]c2c(C)cc(C)cc12. The Balaban J connectivity index is 2.48. The maximum atomic E-state index is 11.1. The summed E-state index contributed by atoms with van der Waals surface area (Å²) in [4.78, 5) is 14.0. The summed E-state index contributed by atoms with van der Waals surface area (Å²) in [5.74, 6) is -0.114. The number of aromatic nitrogens is 1. The van der Waals surface area contributed by atoms with Crippen molar-refractivity contribution in [2.45, 2.75) is 20.8 Å². The van der Waals surface area contributed by atoms with Gasteiger partial charge >= 0.3 is 6.09 Å². The molecule has 100 valence electrons. The third-order valence-electron chi connectivity index (χ3n) is 2.70. The highest BCUT2D eigenvalue weighted by atomic mass is 16.5. The molecule has 0 aliphatic rings. The number of nitrogens with zero attached hydrogens (tertiary/aromatic N) is 2. The molecule has 0 spiro atoms. The molecule has 0 bridgehead atoms. The van der Waals surface area contributed by atoms with E-state index in [1.54, 1.807) is 6.92 Å². The first-order chi connectivity index (χ1) is 9.02. The maximum absolute atomic E-state index is 11.1. The second-order valence-corrected chi connectivity index (χ2v) is 4.23. The minimum atomic E-state index is -0.777. The van der Waals surface area contributed by atoms with E-state index in [2.05, 4.69) is 19.9 Å². The molecule has 6 nitrogen and oxygen atoms in total. The summed E-state index contributed by atoms with van der Waals surface area (Å²) in [6, 6.07) is 3.86. The summed E-state index contributed by atoms with van der Waals surface area (Å²) >= 11 is 0. The quantitative estimate of drug-likeness (QED) is 0.807. The molecule has 1 amide bonds. The molecule has 0 radical (unpaired) electrons. The van der Waals surface area contributed by atoms with Gasteiger partial charge in [-0.05, 0) is 32.4 Å². The Kier molecular flexibility index (Phi) is 3.50. The van der Waals surface area contributed by atoms with Crippen LogP contribution in [0.1, 0.15) is 18.1 Å². The van der Waals surface area contributed by atoms with Gasteiger partial charge in [0.1, 0.15) is 0 Å². The van der Waals surface area contributed by atoms with Crippen LogP contribution in [0.25, 0.3) is 10.9 Å². The number of hydrogen-bond acceptors (Lipinski definition) is 4. The summed E-state index contributed by atoms with van der Waals surface area (Å²) in [6.07, 6.45) is -0.777. The predicted octanol–water partition coefficient (Wildman–Crippen LogP) is 3.73. The fourth-order valence-corrected chi connectivity index (χ4v) is 1.97. The monoisotopic (exact) mass is 261 g/mol. The molecule has 0 aliphatic carbocycles. The number of carbonyl (C=O) groups is 1. The Morgan fingerprint density at radius 1 is 1.42 bits per heavy atom. The average molecular weight is 261 g/mol. The van der Waals surface area contributed by atoms with Crippen LogP contribution in [0.3, 0.4) is 0 Å². The maximum Gasteiger partial charge on any atom is 0.452 e. The summed E-state index contributed by atoms with van der Waals surface area (Å²) in [7, 11) is 0. The van der Waals surface area contributed by atoms with Gasteiger partial charge in [0.25, 0.3) is 0 Å². The van der Waals surface area contributed by atoms with Crippen LogP contribution < -0.4 is 0 Å². The smallest absolute Gasteiger partial charge is 0.452 e. The van der Waals surface area contributed by atoms with Gasteiger partial charge in [-0.3, -0.25) is 0 Å². The van der Waals surface area contributed by atoms with Gasteiger partial charge in [-0.2, -0.15) is 0 Å². The fourth-order valence-electron chi connectivity index (χ4n) is 1.97. The van der Waals surface area contributed by atoms with E-state index in [9.17, 15) is 9.90 Å². The van der Waals surface area contributed by atoms with Crippen LogP contribution in [0.15, 0.2) is 22.4 Å². The van der Waals surface area contributed by atoms with E-state index in [0.29, 0.717) is 0 Å². The average Bonchev–Trinajstić information content (AvgIpc) is 2.64. The van der Waals surface area contributed by atoms with Crippen LogP contribution in [-0.2, 0) is 4.74 Å². The molecular formula is C13H15N3O3. The van der Waals surface area contributed by atoms with Gasteiger partial charge in [-0.1, -0.05) is 16.7 Å². The van der Waals surface area contributed by atoms with E-state index < -0.39 is 6.09 Å². The molecular weight excluding hydrogens is 246 g/mol. The number of H-pyrrole nitrogens is 1. The number of rotatable bonds is 2. The van der Waals surface area contributed by atoms with Crippen molar-refractivity contribution >= 4 is 22.7 Å². The van der Waals surface area contributed by atoms with Crippen molar-refractivity contribution < 1.29 is 14.6 Å². The van der Waals surface area contributed by atoms with Crippen molar-refractivity contribution in [3.8, 4) is 5.88 Å². The van der Waals surface area contributed by atoms with Gasteiger partial charge in [-0.25, -0.2) is 4.79 Å². The number of fused-ring (bicyclic) bond motifs is 1. The number of aromatic hydroxyl groups is 1. The Morgan fingerprint density at radius 2 is 2.16 bits per heavy atom. The van der Waals surface area contributed by atoms with Crippen molar-refractivity contribution in [2.24, 2.45) is 10.2 Å². The highest BCUT2D eigenvalue weighted by molar-refractivity contribution is 5.96. The lowest BCUT2D eigenvalue weighted by Crippen LogP contribution is -1.95. The third-order valence-corrected chi connectivity index (χ3v) is 2.70. The summed E-state index contributed by atoms with van der Waals surface area (Å²) in [5, 5.41) is 17.7. The second-order valence-electron chi connectivity index (χ2n) is 4.23. The highest BCUT2D eigenvalue weighted by Gasteiger charge is 2.13. The summed E-state index contributed by atoms with van der Waals surface area (Å²) < 4.78 is 4.65. The molecule has 0 saturated heterocycles. The van der Waals surface area contributed by atoms with E-state index in [4.69, 9.17) is 0 Å². The van der Waals surface area contributed by atoms with Crippen molar-refractivity contribution in [1.82, 2.24) is 4.98 Å². The lowest BCUT2D eigenvalue weighted by atomic mass is 10.1. The molecule has 2 aromatic rings. The molecule has 0 aliphatic heterocycles. The van der Waals surface area contributed by atoms with E-state index in [1.807, 2.05) is 26.0 Å². The van der Waals surface area contributed by atoms with E-state index in [-0.39, 0.29) is 18.2 Å². The Labute approximate surface area is 110 Å². The summed E-state index contributed by atoms with van der Waals surface area (Å²) in [6.45, 7) is 5.79. The molecule has 1 aromatic heterocycles. The topological polar surface area (TPSA) is 87.0 Å². The minimum absolute atomic E-state index is 0.114. The summed E-state index contributed by atoms with van der Waals surface area (Å²) in [5.41, 5.74) is 3.05. The third kappa shape index (κ3) is 2.57. The van der Waals surface area contributed by atoms with Crippen LogP contribution in [0.2, 0.25) is 0 Å². The Bertz CT molecular complexity index is 659. The van der Waals surface area contributed by atoms with Crippen LogP contribution in [0.4, 0.5) is 10.5 Å². The van der Waals surface area contributed by atoms with Crippen LogP contribution in [0.5, 0.6) is 5.88 Å². The standard InChI is InChI=1S/C13H15N3O3/c1-4-19-13(18)16-15-11-9-6-7(2)5-8(3)10(9)14-12(11)17/h5-6,14,17H,4H2,1-3H3. The number of nitrogens with one attached hydrogen (secondary N) is 1.